The van der Waals surface area contributed by atoms with E-state index < -0.39 is 0 Å². The first kappa shape index (κ1) is 10.8. The van der Waals surface area contributed by atoms with Crippen molar-refractivity contribution in [2.75, 3.05) is 13.1 Å². The second-order valence-corrected chi connectivity index (χ2v) is 5.54. The molecule has 1 spiro atoms. The molecule has 0 aromatic rings. The minimum atomic E-state index is 0.212. The monoisotopic (exact) mass is 209 g/mol. The molecule has 3 heteroatoms. The van der Waals surface area contributed by atoms with Gasteiger partial charge in [-0.2, -0.15) is 0 Å². The Morgan fingerprint density at radius 2 is 2.00 bits per heavy atom. The van der Waals surface area contributed by atoms with Crippen molar-refractivity contribution in [2.24, 2.45) is 16.1 Å². The van der Waals surface area contributed by atoms with E-state index in [0.717, 1.165) is 19.0 Å². The van der Waals surface area contributed by atoms with E-state index in [9.17, 15) is 0 Å². The molecule has 1 aliphatic carbocycles. The van der Waals surface area contributed by atoms with Crippen molar-refractivity contribution >= 4 is 5.96 Å². The van der Waals surface area contributed by atoms with E-state index in [4.69, 9.17) is 5.73 Å². The normalized spacial score (nSPS) is 34.6. The van der Waals surface area contributed by atoms with Gasteiger partial charge in [0.1, 0.15) is 0 Å². The first-order valence-corrected chi connectivity index (χ1v) is 6.11. The highest BCUT2D eigenvalue weighted by Gasteiger charge is 2.53. The van der Waals surface area contributed by atoms with Crippen LogP contribution in [0.25, 0.3) is 0 Å². The van der Waals surface area contributed by atoms with Crippen LogP contribution in [0.5, 0.6) is 0 Å². The fraction of sp³-hybridized carbons (Fsp3) is 0.917. The van der Waals surface area contributed by atoms with Gasteiger partial charge in [-0.05, 0) is 25.2 Å². The highest BCUT2D eigenvalue weighted by Crippen LogP contribution is 2.49. The van der Waals surface area contributed by atoms with Crippen LogP contribution in [0.4, 0.5) is 0 Å². The molecular weight excluding hydrogens is 186 g/mol. The molecule has 3 nitrogen and oxygen atoms in total. The molecule has 1 fully saturated rings. The first-order chi connectivity index (χ1) is 7.03. The summed E-state index contributed by atoms with van der Waals surface area (Å²) in [5, 5.41) is 0. The molecule has 1 heterocycles. The van der Waals surface area contributed by atoms with Crippen LogP contribution < -0.4 is 5.73 Å². The van der Waals surface area contributed by atoms with Gasteiger partial charge in [-0.3, -0.25) is 4.99 Å². The van der Waals surface area contributed by atoms with E-state index in [1.807, 2.05) is 0 Å². The highest BCUT2D eigenvalue weighted by atomic mass is 15.4. The zero-order chi connectivity index (χ0) is 11.1. The number of rotatable bonds is 1. The molecule has 0 amide bonds. The van der Waals surface area contributed by atoms with Crippen LogP contribution in [0.3, 0.4) is 0 Å². The molecule has 0 aromatic heterocycles. The second kappa shape index (κ2) is 3.39. The fourth-order valence-electron chi connectivity index (χ4n) is 3.42. The molecule has 2 rings (SSSR count). The van der Waals surface area contributed by atoms with E-state index in [1.165, 1.54) is 25.7 Å². The summed E-state index contributed by atoms with van der Waals surface area (Å²) in [5.41, 5.74) is 6.54. The lowest BCUT2D eigenvalue weighted by molar-refractivity contribution is 0.0118. The van der Waals surface area contributed by atoms with Crippen molar-refractivity contribution in [1.82, 2.24) is 4.90 Å². The maximum Gasteiger partial charge on any atom is 0.191 e. The average Bonchev–Trinajstić information content (AvgIpc) is 2.50. The van der Waals surface area contributed by atoms with Crippen LogP contribution in [-0.4, -0.2) is 29.5 Å². The number of nitrogens with two attached hydrogens (primary N) is 1. The highest BCUT2D eigenvalue weighted by molar-refractivity contribution is 5.81. The summed E-state index contributed by atoms with van der Waals surface area (Å²) in [7, 11) is 0. The molecule has 86 valence electrons. The van der Waals surface area contributed by atoms with Crippen LogP contribution in [0, 0.1) is 5.41 Å². The van der Waals surface area contributed by atoms with Crippen molar-refractivity contribution in [2.45, 2.75) is 52.0 Å². The van der Waals surface area contributed by atoms with Gasteiger partial charge in [0.15, 0.2) is 5.96 Å². The lowest BCUT2D eigenvalue weighted by Crippen LogP contribution is -2.61. The Morgan fingerprint density at radius 3 is 2.60 bits per heavy atom. The summed E-state index contributed by atoms with van der Waals surface area (Å²) in [5.74, 6) is 0.757. The number of likely N-dealkylation sites (N-methyl/N-ethyl adjacent to an activating group) is 1. The Hall–Kier alpha value is -0.730. The molecule has 0 aromatic carbocycles. The van der Waals surface area contributed by atoms with Crippen molar-refractivity contribution in [3.63, 3.8) is 0 Å². The predicted molar refractivity (Wildman–Crippen MR) is 63.8 cm³/mol. The maximum atomic E-state index is 5.99. The van der Waals surface area contributed by atoms with E-state index in [2.05, 4.69) is 30.7 Å². The SMILES string of the molecule is CCN1C(N)=NCC12CCCCC2(C)C. The Morgan fingerprint density at radius 1 is 1.33 bits per heavy atom. The molecule has 1 unspecified atom stereocenters. The van der Waals surface area contributed by atoms with Crippen molar-refractivity contribution in [3.8, 4) is 0 Å². The summed E-state index contributed by atoms with van der Waals surface area (Å²) in [6.45, 7) is 8.82. The summed E-state index contributed by atoms with van der Waals surface area (Å²) in [6, 6.07) is 0. The Kier molecular flexibility index (Phi) is 2.44. The van der Waals surface area contributed by atoms with Gasteiger partial charge in [-0.1, -0.05) is 26.7 Å². The molecule has 1 saturated carbocycles. The van der Waals surface area contributed by atoms with E-state index in [-0.39, 0.29) is 5.54 Å². The van der Waals surface area contributed by atoms with E-state index >= 15 is 0 Å². The Labute approximate surface area is 92.7 Å². The minimum Gasteiger partial charge on any atom is -0.370 e. The summed E-state index contributed by atoms with van der Waals surface area (Å²) < 4.78 is 0. The number of hydrogen-bond acceptors (Lipinski definition) is 3. The molecule has 0 bridgehead atoms. The average molecular weight is 209 g/mol. The van der Waals surface area contributed by atoms with Crippen LogP contribution in [0.15, 0.2) is 4.99 Å². The number of hydrogen-bond donors (Lipinski definition) is 1. The van der Waals surface area contributed by atoms with Gasteiger partial charge in [0.05, 0.1) is 12.1 Å². The zero-order valence-corrected chi connectivity index (χ0v) is 10.2. The van der Waals surface area contributed by atoms with Crippen molar-refractivity contribution in [1.29, 1.82) is 0 Å². The zero-order valence-electron chi connectivity index (χ0n) is 10.2. The first-order valence-electron chi connectivity index (χ1n) is 6.11. The summed E-state index contributed by atoms with van der Waals surface area (Å²) >= 11 is 0. The summed E-state index contributed by atoms with van der Waals surface area (Å²) in [4.78, 5) is 6.82. The molecule has 0 radical (unpaired) electrons. The van der Waals surface area contributed by atoms with Gasteiger partial charge in [0.2, 0.25) is 0 Å². The lowest BCUT2D eigenvalue weighted by atomic mass is 9.62. The van der Waals surface area contributed by atoms with Crippen LogP contribution in [-0.2, 0) is 0 Å². The molecule has 15 heavy (non-hydrogen) atoms. The molecule has 2 aliphatic rings. The van der Waals surface area contributed by atoms with Gasteiger partial charge < -0.3 is 10.6 Å². The number of aliphatic imine (C=N–C) groups is 1. The minimum absolute atomic E-state index is 0.212. The van der Waals surface area contributed by atoms with Gasteiger partial charge in [-0.15, -0.1) is 0 Å². The van der Waals surface area contributed by atoms with Gasteiger partial charge in [0.25, 0.3) is 0 Å². The molecule has 2 N–H and O–H groups in total. The number of guanidine groups is 1. The molecular formula is C12H23N3. The van der Waals surface area contributed by atoms with E-state index in [1.54, 1.807) is 0 Å². The quantitative estimate of drug-likeness (QED) is 0.717. The maximum absolute atomic E-state index is 5.99. The van der Waals surface area contributed by atoms with Crippen molar-refractivity contribution in [3.05, 3.63) is 0 Å². The Balaban J connectivity index is 2.32. The van der Waals surface area contributed by atoms with Gasteiger partial charge in [-0.25, -0.2) is 0 Å². The summed E-state index contributed by atoms with van der Waals surface area (Å²) in [6.07, 6.45) is 5.22. The molecule has 1 aliphatic heterocycles. The Bertz CT molecular complexity index is 283. The smallest absolute Gasteiger partial charge is 0.191 e. The molecule has 0 saturated heterocycles. The topological polar surface area (TPSA) is 41.6 Å². The third-order valence-corrected chi connectivity index (χ3v) is 4.51. The standard InChI is InChI=1S/C12H23N3/c1-4-15-10(13)14-9-12(15)8-6-5-7-11(12,2)3/h4-9H2,1-3H3,(H2,13,14). The third-order valence-electron chi connectivity index (χ3n) is 4.51. The van der Waals surface area contributed by atoms with E-state index in [0.29, 0.717) is 5.41 Å². The fourth-order valence-corrected chi connectivity index (χ4v) is 3.42. The largest absolute Gasteiger partial charge is 0.370 e. The van der Waals surface area contributed by atoms with Gasteiger partial charge >= 0.3 is 0 Å². The second-order valence-electron chi connectivity index (χ2n) is 5.54. The lowest BCUT2D eigenvalue weighted by Gasteiger charge is -2.53. The van der Waals surface area contributed by atoms with Crippen LogP contribution in [0.1, 0.15) is 46.5 Å². The predicted octanol–water partition coefficient (Wildman–Crippen LogP) is 1.98. The van der Waals surface area contributed by atoms with Crippen LogP contribution in [0.2, 0.25) is 0 Å². The number of nitrogens with zero attached hydrogens (tertiary/aromatic N) is 2. The van der Waals surface area contributed by atoms with Crippen molar-refractivity contribution < 1.29 is 0 Å². The third kappa shape index (κ3) is 1.35. The molecule has 1 atom stereocenters. The van der Waals surface area contributed by atoms with Crippen LogP contribution >= 0.6 is 0 Å². The van der Waals surface area contributed by atoms with Gasteiger partial charge in [0, 0.05) is 6.54 Å².